The molecular weight excluding hydrogens is 304 g/mol. The van der Waals surface area contributed by atoms with E-state index in [0.717, 1.165) is 12.8 Å². The molecule has 2 aliphatic rings. The van der Waals surface area contributed by atoms with Gasteiger partial charge in [0.2, 0.25) is 11.8 Å². The summed E-state index contributed by atoms with van der Waals surface area (Å²) < 4.78 is 0. The third-order valence-electron chi connectivity index (χ3n) is 3.18. The van der Waals surface area contributed by atoms with Crippen LogP contribution in [0.2, 0.25) is 0 Å². The van der Waals surface area contributed by atoms with Gasteiger partial charge in [-0.3, -0.25) is 14.4 Å². The summed E-state index contributed by atoms with van der Waals surface area (Å²) in [5.74, 6) is -1.31. The Morgan fingerprint density at radius 2 is 2.18 bits per heavy atom. The number of hydrogen-bond acceptors (Lipinski definition) is 5. The highest BCUT2D eigenvalue weighted by Crippen LogP contribution is 2.20. The van der Waals surface area contributed by atoms with E-state index in [1.54, 1.807) is 5.38 Å². The molecule has 3 rings (SSSR count). The van der Waals surface area contributed by atoms with Gasteiger partial charge < -0.3 is 10.6 Å². The maximum absolute atomic E-state index is 12.0. The van der Waals surface area contributed by atoms with Crippen LogP contribution < -0.4 is 10.6 Å². The summed E-state index contributed by atoms with van der Waals surface area (Å²) in [5, 5.41) is 7.72. The smallest absolute Gasteiger partial charge is 0.269 e. The molecule has 1 aliphatic heterocycles. The molecule has 1 fully saturated rings. The second kappa shape index (κ2) is 6.18. The van der Waals surface area contributed by atoms with Crippen molar-refractivity contribution in [3.05, 3.63) is 23.2 Å². The van der Waals surface area contributed by atoms with Gasteiger partial charge in [-0.2, -0.15) is 0 Å². The zero-order valence-corrected chi connectivity index (χ0v) is 12.4. The molecule has 2 N–H and O–H groups in total. The first kappa shape index (κ1) is 14.6. The van der Waals surface area contributed by atoms with Crippen molar-refractivity contribution in [3.8, 4) is 0 Å². The molecule has 0 aromatic carbocycles. The quantitative estimate of drug-likeness (QED) is 0.834. The maximum atomic E-state index is 12.0. The Bertz CT molecular complexity index is 659. The molecule has 0 spiro atoms. The maximum Gasteiger partial charge on any atom is 0.269 e. The van der Waals surface area contributed by atoms with E-state index in [4.69, 9.17) is 0 Å². The van der Waals surface area contributed by atoms with Gasteiger partial charge in [0.05, 0.1) is 18.0 Å². The number of carbonyl (C=O) groups is 3. The molecule has 22 heavy (non-hydrogen) atoms. The minimum atomic E-state index is -0.580. The molecule has 114 valence electrons. The number of hydrogen-bond donors (Lipinski definition) is 2. The molecule has 7 nitrogen and oxygen atoms in total. The van der Waals surface area contributed by atoms with Crippen LogP contribution in [0.5, 0.6) is 0 Å². The van der Waals surface area contributed by atoms with E-state index >= 15 is 0 Å². The minimum Gasteiger partial charge on any atom is -0.353 e. The van der Waals surface area contributed by atoms with E-state index in [0.29, 0.717) is 16.9 Å². The normalized spacial score (nSPS) is 20.0. The van der Waals surface area contributed by atoms with Gasteiger partial charge in [0.15, 0.2) is 5.13 Å². The lowest BCUT2D eigenvalue weighted by atomic mass is 10.1. The fraction of sp³-hybridized carbons (Fsp3) is 0.357. The van der Waals surface area contributed by atoms with Gasteiger partial charge in [-0.15, -0.1) is 11.3 Å². The van der Waals surface area contributed by atoms with Gasteiger partial charge in [-0.1, -0.05) is 6.08 Å². The van der Waals surface area contributed by atoms with Gasteiger partial charge in [0.1, 0.15) is 0 Å². The molecule has 0 radical (unpaired) electrons. The van der Waals surface area contributed by atoms with Crippen LogP contribution in [0.25, 0.3) is 0 Å². The van der Waals surface area contributed by atoms with Crippen LogP contribution in [0.3, 0.4) is 0 Å². The van der Waals surface area contributed by atoms with Crippen molar-refractivity contribution in [3.63, 3.8) is 0 Å². The van der Waals surface area contributed by atoms with Gasteiger partial charge in [-0.05, 0) is 12.8 Å². The number of rotatable bonds is 5. The lowest BCUT2D eigenvalue weighted by Gasteiger charge is -2.08. The van der Waals surface area contributed by atoms with E-state index in [2.05, 4.69) is 20.6 Å². The van der Waals surface area contributed by atoms with Crippen molar-refractivity contribution in [1.82, 2.24) is 10.3 Å². The minimum absolute atomic E-state index is 0.0495. The highest BCUT2D eigenvalue weighted by Gasteiger charge is 2.23. The first-order chi connectivity index (χ1) is 10.6. The third-order valence-corrected chi connectivity index (χ3v) is 3.98. The summed E-state index contributed by atoms with van der Waals surface area (Å²) in [5.41, 5.74) is 0.626. The molecule has 3 amide bonds. The average molecular weight is 318 g/mol. The van der Waals surface area contributed by atoms with Crippen LogP contribution in [-0.2, 0) is 20.8 Å². The Morgan fingerprint density at radius 3 is 2.86 bits per heavy atom. The number of nitrogens with zero attached hydrogens (tertiary/aromatic N) is 2. The third kappa shape index (κ3) is 3.85. The first-order valence-corrected chi connectivity index (χ1v) is 7.79. The molecule has 1 atom stereocenters. The molecule has 0 saturated heterocycles. The highest BCUT2D eigenvalue weighted by molar-refractivity contribution is 7.13. The number of amides is 3. The van der Waals surface area contributed by atoms with Gasteiger partial charge in [0, 0.05) is 23.7 Å². The van der Waals surface area contributed by atoms with Crippen molar-refractivity contribution < 1.29 is 14.4 Å². The van der Waals surface area contributed by atoms with Crippen molar-refractivity contribution in [1.29, 1.82) is 0 Å². The molecule has 1 aliphatic carbocycles. The summed E-state index contributed by atoms with van der Waals surface area (Å²) in [6, 6.07) is 0.324. The largest absolute Gasteiger partial charge is 0.353 e. The van der Waals surface area contributed by atoms with Crippen molar-refractivity contribution in [2.24, 2.45) is 10.9 Å². The Labute approximate surface area is 130 Å². The zero-order chi connectivity index (χ0) is 15.5. The van der Waals surface area contributed by atoms with Crippen LogP contribution in [0, 0.1) is 5.92 Å². The summed E-state index contributed by atoms with van der Waals surface area (Å²) in [4.78, 5) is 42.4. The fourth-order valence-electron chi connectivity index (χ4n) is 1.89. The van der Waals surface area contributed by atoms with Gasteiger partial charge >= 0.3 is 0 Å². The Kier molecular flexibility index (Phi) is 4.10. The average Bonchev–Trinajstić information content (AvgIpc) is 3.18. The molecule has 1 unspecified atom stereocenters. The highest BCUT2D eigenvalue weighted by atomic mass is 32.1. The SMILES string of the molecule is O=C1C=CC(C(=O)Nc2nc(CC(=O)NC3CC3)cs2)C=N1. The standard InChI is InChI=1S/C14H14N4O3S/c19-11-4-1-8(6-15-11)13(21)18-14-17-10(7-22-14)5-12(20)16-9-2-3-9/h1,4,6-9H,2-3,5H2,(H,16,20)(H,17,18,21). The summed E-state index contributed by atoms with van der Waals surface area (Å²) >= 11 is 1.26. The lowest BCUT2D eigenvalue weighted by molar-refractivity contribution is -0.120. The van der Waals surface area contributed by atoms with E-state index in [1.165, 1.54) is 29.7 Å². The predicted molar refractivity (Wildman–Crippen MR) is 81.7 cm³/mol. The first-order valence-electron chi connectivity index (χ1n) is 6.91. The lowest BCUT2D eigenvalue weighted by Crippen LogP contribution is -2.27. The van der Waals surface area contributed by atoms with Crippen LogP contribution in [0.1, 0.15) is 18.5 Å². The van der Waals surface area contributed by atoms with Gasteiger partial charge in [-0.25, -0.2) is 9.98 Å². The van der Waals surface area contributed by atoms with Crippen LogP contribution in [0.15, 0.2) is 22.5 Å². The topological polar surface area (TPSA) is 101 Å². The number of carbonyl (C=O) groups excluding carboxylic acids is 3. The zero-order valence-electron chi connectivity index (χ0n) is 11.6. The van der Waals surface area contributed by atoms with Crippen molar-refractivity contribution >= 4 is 40.4 Å². The predicted octanol–water partition coefficient (Wildman–Crippen LogP) is 0.686. The van der Waals surface area contributed by atoms with Gasteiger partial charge in [0.25, 0.3) is 5.91 Å². The monoisotopic (exact) mass is 318 g/mol. The number of aromatic nitrogens is 1. The molecular formula is C14H14N4O3S. The number of dihydropyridines is 1. The van der Waals surface area contributed by atoms with E-state index in [-0.39, 0.29) is 24.1 Å². The van der Waals surface area contributed by atoms with E-state index in [1.807, 2.05) is 0 Å². The Morgan fingerprint density at radius 1 is 1.36 bits per heavy atom. The molecule has 1 aromatic rings. The number of thiazole rings is 1. The molecule has 1 saturated carbocycles. The van der Waals surface area contributed by atoms with E-state index in [9.17, 15) is 14.4 Å². The second-order valence-corrected chi connectivity index (χ2v) is 6.01. The van der Waals surface area contributed by atoms with Crippen LogP contribution in [0.4, 0.5) is 5.13 Å². The molecule has 1 aromatic heterocycles. The van der Waals surface area contributed by atoms with Crippen molar-refractivity contribution in [2.75, 3.05) is 5.32 Å². The van der Waals surface area contributed by atoms with Crippen molar-refractivity contribution in [2.45, 2.75) is 25.3 Å². The number of aliphatic imine (C=N–C) groups is 1. The Hall–Kier alpha value is -2.35. The summed E-state index contributed by atoms with van der Waals surface area (Å²) in [6.07, 6.45) is 6.35. The number of nitrogens with one attached hydrogen (secondary N) is 2. The van der Waals surface area contributed by atoms with Crippen LogP contribution in [-0.4, -0.2) is 35.0 Å². The summed E-state index contributed by atoms with van der Waals surface area (Å²) in [7, 11) is 0. The van der Waals surface area contributed by atoms with E-state index < -0.39 is 5.92 Å². The molecule has 8 heteroatoms. The Balaban J connectivity index is 1.53. The fourth-order valence-corrected chi connectivity index (χ4v) is 2.61. The van der Waals surface area contributed by atoms with Crippen LogP contribution >= 0.6 is 11.3 Å². The molecule has 0 bridgehead atoms. The number of anilines is 1. The molecule has 2 heterocycles. The summed E-state index contributed by atoms with van der Waals surface area (Å²) in [6.45, 7) is 0. The second-order valence-electron chi connectivity index (χ2n) is 5.15.